The smallest absolute Gasteiger partial charge is 0.123 e. The average molecular weight is 342 g/mol. The largest absolute Gasteiger partial charge is 0.496 e. The molecule has 3 rings (SSSR count). The van der Waals surface area contributed by atoms with Crippen LogP contribution in [0.5, 0.6) is 5.75 Å². The number of benzene rings is 2. The molecule has 1 aliphatic rings. The van der Waals surface area contributed by atoms with E-state index in [-0.39, 0.29) is 6.10 Å². The van der Waals surface area contributed by atoms with Gasteiger partial charge < -0.3 is 20.1 Å². The molecule has 0 amide bonds. The summed E-state index contributed by atoms with van der Waals surface area (Å²) in [6.07, 6.45) is 2.17. The molecule has 4 nitrogen and oxygen atoms in total. The Kier molecular flexibility index (Phi) is 6.29. The van der Waals surface area contributed by atoms with Crippen LogP contribution in [0, 0.1) is 5.92 Å². The molecule has 0 unspecified atom stereocenters. The zero-order valence-corrected chi connectivity index (χ0v) is 15.4. The molecule has 1 atom stereocenters. The van der Waals surface area contributed by atoms with E-state index in [2.05, 4.69) is 46.6 Å². The number of β-amino-alcohol motifs (C(OH)–C–C–N with tert-alkyl or cyclic N) is 1. The van der Waals surface area contributed by atoms with Crippen LogP contribution in [0.3, 0.4) is 0 Å². The molecule has 1 fully saturated rings. The lowest BCUT2D eigenvalue weighted by Gasteiger charge is -2.32. The van der Waals surface area contributed by atoms with Crippen molar-refractivity contribution in [2.24, 2.45) is 5.92 Å². The molecule has 0 spiro atoms. The highest BCUT2D eigenvalue weighted by atomic mass is 16.5. The summed E-state index contributed by atoms with van der Waals surface area (Å²) in [5.41, 5.74) is 1.24. The van der Waals surface area contributed by atoms with E-state index in [0.29, 0.717) is 5.92 Å². The Morgan fingerprint density at radius 1 is 1.20 bits per heavy atom. The van der Waals surface area contributed by atoms with Gasteiger partial charge in [-0.3, -0.25) is 0 Å². The molecule has 2 N–H and O–H groups in total. The molecule has 0 radical (unpaired) electrons. The summed E-state index contributed by atoms with van der Waals surface area (Å²) in [5, 5.41) is 15.7. The third-order valence-corrected chi connectivity index (χ3v) is 5.18. The molecular weight excluding hydrogens is 312 g/mol. The van der Waals surface area contributed by atoms with Crippen LogP contribution in [0.25, 0.3) is 10.8 Å². The summed E-state index contributed by atoms with van der Waals surface area (Å²) in [6.45, 7) is 6.72. The molecule has 1 aliphatic heterocycles. The first-order valence-electron chi connectivity index (χ1n) is 9.33. The summed E-state index contributed by atoms with van der Waals surface area (Å²) in [4.78, 5) is 2.37. The quantitative estimate of drug-likeness (QED) is 0.812. The lowest BCUT2D eigenvalue weighted by atomic mass is 9.96. The highest BCUT2D eigenvalue weighted by Gasteiger charge is 2.20. The van der Waals surface area contributed by atoms with Gasteiger partial charge in [-0.15, -0.1) is 0 Å². The third-order valence-electron chi connectivity index (χ3n) is 5.18. The number of nitrogens with zero attached hydrogens (tertiary/aromatic N) is 1. The van der Waals surface area contributed by atoms with E-state index in [4.69, 9.17) is 4.74 Å². The fraction of sp³-hybridized carbons (Fsp3) is 0.524. The first-order valence-corrected chi connectivity index (χ1v) is 9.33. The van der Waals surface area contributed by atoms with Gasteiger partial charge in [-0.1, -0.05) is 30.3 Å². The zero-order chi connectivity index (χ0) is 17.6. The van der Waals surface area contributed by atoms with Crippen LogP contribution >= 0.6 is 0 Å². The van der Waals surface area contributed by atoms with Crippen LogP contribution in [-0.4, -0.2) is 49.4 Å². The fourth-order valence-electron chi connectivity index (χ4n) is 3.84. The number of hydrogen-bond acceptors (Lipinski definition) is 4. The lowest BCUT2D eigenvalue weighted by molar-refractivity contribution is 0.0998. The number of rotatable bonds is 7. The zero-order valence-electron chi connectivity index (χ0n) is 15.4. The van der Waals surface area contributed by atoms with Crippen molar-refractivity contribution < 1.29 is 9.84 Å². The van der Waals surface area contributed by atoms with E-state index in [1.54, 1.807) is 7.11 Å². The van der Waals surface area contributed by atoms with Crippen LogP contribution in [0.1, 0.15) is 25.3 Å². The van der Waals surface area contributed by atoms with Crippen LogP contribution in [0.2, 0.25) is 0 Å². The molecule has 1 heterocycles. The van der Waals surface area contributed by atoms with Crippen LogP contribution in [0.4, 0.5) is 0 Å². The minimum Gasteiger partial charge on any atom is -0.496 e. The standard InChI is InChI=1S/C21H30N2O2/c1-16(24)15-23-11-9-17(10-12-23)13-22-14-20-19-6-4-3-5-18(19)7-8-21(20)25-2/h3-8,16-17,22,24H,9-15H2,1-2H3/t16-/m0/s1. The van der Waals surface area contributed by atoms with Crippen LogP contribution < -0.4 is 10.1 Å². The Bertz CT molecular complexity index is 679. The highest BCUT2D eigenvalue weighted by molar-refractivity contribution is 5.87. The summed E-state index contributed by atoms with van der Waals surface area (Å²) >= 11 is 0. The van der Waals surface area contributed by atoms with Gasteiger partial charge in [-0.05, 0) is 62.2 Å². The minimum absolute atomic E-state index is 0.228. The first-order chi connectivity index (χ1) is 12.2. The maximum absolute atomic E-state index is 9.51. The lowest BCUT2D eigenvalue weighted by Crippen LogP contribution is -2.40. The Morgan fingerprint density at radius 2 is 1.96 bits per heavy atom. The maximum Gasteiger partial charge on any atom is 0.123 e. The number of aliphatic hydroxyl groups is 1. The molecule has 25 heavy (non-hydrogen) atoms. The van der Waals surface area contributed by atoms with Crippen molar-refractivity contribution in [1.29, 1.82) is 0 Å². The molecule has 4 heteroatoms. The fourth-order valence-corrected chi connectivity index (χ4v) is 3.84. The maximum atomic E-state index is 9.51. The van der Waals surface area contributed by atoms with Crippen molar-refractivity contribution >= 4 is 10.8 Å². The number of hydrogen-bond donors (Lipinski definition) is 2. The summed E-state index contributed by atoms with van der Waals surface area (Å²) in [6, 6.07) is 12.7. The Balaban J connectivity index is 1.55. The molecule has 136 valence electrons. The Morgan fingerprint density at radius 3 is 2.68 bits per heavy atom. The first kappa shape index (κ1) is 18.2. The van der Waals surface area contributed by atoms with Gasteiger partial charge in [0.2, 0.25) is 0 Å². The number of fused-ring (bicyclic) bond motifs is 1. The van der Waals surface area contributed by atoms with E-state index in [1.807, 2.05) is 6.92 Å². The molecule has 2 aromatic rings. The number of nitrogens with one attached hydrogen (secondary N) is 1. The van der Waals surface area contributed by atoms with Gasteiger partial charge in [0.05, 0.1) is 13.2 Å². The number of methoxy groups -OCH3 is 1. The number of aliphatic hydroxyl groups excluding tert-OH is 1. The molecule has 0 saturated carbocycles. The van der Waals surface area contributed by atoms with Gasteiger partial charge in [0, 0.05) is 18.7 Å². The Labute approximate surface area is 150 Å². The summed E-state index contributed by atoms with van der Waals surface area (Å²) in [5.74, 6) is 1.67. The van der Waals surface area contributed by atoms with Gasteiger partial charge in [0.1, 0.15) is 5.75 Å². The van der Waals surface area contributed by atoms with Gasteiger partial charge >= 0.3 is 0 Å². The topological polar surface area (TPSA) is 44.7 Å². The molecule has 0 aliphatic carbocycles. The van der Waals surface area contributed by atoms with Crippen LogP contribution in [-0.2, 0) is 6.54 Å². The monoisotopic (exact) mass is 342 g/mol. The van der Waals surface area contributed by atoms with E-state index in [9.17, 15) is 5.11 Å². The van der Waals surface area contributed by atoms with Crippen molar-refractivity contribution in [3.8, 4) is 5.75 Å². The van der Waals surface area contributed by atoms with Gasteiger partial charge in [0.25, 0.3) is 0 Å². The predicted molar refractivity (Wildman–Crippen MR) is 103 cm³/mol. The molecule has 2 aromatic carbocycles. The predicted octanol–water partition coefficient (Wildman–Crippen LogP) is 3.03. The molecule has 0 aromatic heterocycles. The van der Waals surface area contributed by atoms with Crippen molar-refractivity contribution in [1.82, 2.24) is 10.2 Å². The number of likely N-dealkylation sites (tertiary alicyclic amines) is 1. The normalized spacial score (nSPS) is 17.7. The Hall–Kier alpha value is -1.62. The SMILES string of the molecule is COc1ccc2ccccc2c1CNCC1CCN(C[C@H](C)O)CC1. The van der Waals surface area contributed by atoms with Crippen molar-refractivity contribution in [3.63, 3.8) is 0 Å². The van der Waals surface area contributed by atoms with E-state index in [1.165, 1.54) is 29.2 Å². The molecule has 0 bridgehead atoms. The molecular formula is C21H30N2O2. The summed E-state index contributed by atoms with van der Waals surface area (Å²) in [7, 11) is 1.74. The number of piperidine rings is 1. The van der Waals surface area contributed by atoms with E-state index >= 15 is 0 Å². The van der Waals surface area contributed by atoms with Gasteiger partial charge in [-0.2, -0.15) is 0 Å². The molecule has 1 saturated heterocycles. The third kappa shape index (κ3) is 4.72. The van der Waals surface area contributed by atoms with Crippen molar-refractivity contribution in [2.75, 3.05) is 33.3 Å². The van der Waals surface area contributed by atoms with Gasteiger partial charge in [0.15, 0.2) is 0 Å². The van der Waals surface area contributed by atoms with E-state index < -0.39 is 0 Å². The summed E-state index contributed by atoms with van der Waals surface area (Å²) < 4.78 is 5.58. The van der Waals surface area contributed by atoms with Gasteiger partial charge in [-0.25, -0.2) is 0 Å². The highest BCUT2D eigenvalue weighted by Crippen LogP contribution is 2.28. The van der Waals surface area contributed by atoms with Crippen molar-refractivity contribution in [2.45, 2.75) is 32.4 Å². The second kappa shape index (κ2) is 8.65. The van der Waals surface area contributed by atoms with Crippen LogP contribution in [0.15, 0.2) is 36.4 Å². The second-order valence-electron chi connectivity index (χ2n) is 7.19. The number of ether oxygens (including phenoxy) is 1. The van der Waals surface area contributed by atoms with Crippen molar-refractivity contribution in [3.05, 3.63) is 42.0 Å². The average Bonchev–Trinajstić information content (AvgIpc) is 2.63. The second-order valence-corrected chi connectivity index (χ2v) is 7.19. The van der Waals surface area contributed by atoms with E-state index in [0.717, 1.165) is 38.5 Å². The minimum atomic E-state index is -0.228.